The van der Waals surface area contributed by atoms with Crippen molar-refractivity contribution in [3.05, 3.63) is 71.0 Å². The molecule has 2 atom stereocenters. The summed E-state index contributed by atoms with van der Waals surface area (Å²) < 4.78 is 18.9. The predicted octanol–water partition coefficient (Wildman–Crippen LogP) is 3.60. The van der Waals surface area contributed by atoms with Crippen molar-refractivity contribution in [3.63, 3.8) is 0 Å². The van der Waals surface area contributed by atoms with Gasteiger partial charge in [-0.1, -0.05) is 44.2 Å². The number of ether oxygens (including phenoxy) is 1. The third-order valence-corrected chi connectivity index (χ3v) is 6.31. The fraction of sp³-hybridized carbons (Fsp3) is 0.462. The summed E-state index contributed by atoms with van der Waals surface area (Å²) in [6.07, 6.45) is 0.843. The molecule has 2 aromatic carbocycles. The largest absolute Gasteiger partial charge is 0.383 e. The van der Waals surface area contributed by atoms with E-state index in [1.165, 1.54) is 12.1 Å². The van der Waals surface area contributed by atoms with Gasteiger partial charge >= 0.3 is 0 Å². The SMILES string of the molecule is CCN(CC)CCCNC(=O)[C@@H]1c2ccccc2C(=O)N(CCOC)[C@H]1c1ccc(F)cc1. The first-order valence-corrected chi connectivity index (χ1v) is 11.7. The van der Waals surface area contributed by atoms with Crippen LogP contribution in [0.4, 0.5) is 4.39 Å². The van der Waals surface area contributed by atoms with Gasteiger partial charge in [0.05, 0.1) is 18.6 Å². The number of rotatable bonds is 11. The van der Waals surface area contributed by atoms with Crippen LogP contribution in [0.2, 0.25) is 0 Å². The molecule has 0 saturated heterocycles. The Balaban J connectivity index is 1.93. The molecule has 1 heterocycles. The van der Waals surface area contributed by atoms with E-state index in [-0.39, 0.29) is 17.6 Å². The van der Waals surface area contributed by atoms with E-state index < -0.39 is 12.0 Å². The van der Waals surface area contributed by atoms with Gasteiger partial charge in [-0.15, -0.1) is 0 Å². The Morgan fingerprint density at radius 3 is 2.48 bits per heavy atom. The second-order valence-electron chi connectivity index (χ2n) is 8.22. The lowest BCUT2D eigenvalue weighted by atomic mass is 9.79. The van der Waals surface area contributed by atoms with E-state index >= 15 is 0 Å². The molecule has 33 heavy (non-hydrogen) atoms. The molecule has 178 valence electrons. The molecule has 0 aromatic heterocycles. The van der Waals surface area contributed by atoms with E-state index in [0.717, 1.165) is 31.6 Å². The average molecular weight is 456 g/mol. The van der Waals surface area contributed by atoms with Gasteiger partial charge in [-0.25, -0.2) is 4.39 Å². The number of amides is 2. The molecule has 2 amide bonds. The zero-order valence-corrected chi connectivity index (χ0v) is 19.7. The molecule has 0 aliphatic carbocycles. The minimum atomic E-state index is -0.602. The maximum Gasteiger partial charge on any atom is 0.254 e. The molecule has 0 bridgehead atoms. The molecule has 1 N–H and O–H groups in total. The van der Waals surface area contributed by atoms with Crippen LogP contribution in [0.3, 0.4) is 0 Å². The van der Waals surface area contributed by atoms with Crippen LogP contribution in [0.15, 0.2) is 48.5 Å². The van der Waals surface area contributed by atoms with Crippen molar-refractivity contribution >= 4 is 11.8 Å². The third kappa shape index (κ3) is 5.78. The predicted molar refractivity (Wildman–Crippen MR) is 127 cm³/mol. The highest BCUT2D eigenvalue weighted by atomic mass is 19.1. The molecule has 1 aliphatic rings. The van der Waals surface area contributed by atoms with Gasteiger partial charge in [-0.2, -0.15) is 0 Å². The highest BCUT2D eigenvalue weighted by Gasteiger charge is 2.43. The standard InChI is InChI=1S/C26H34FN3O3/c1-4-29(5-2)16-8-15-28-25(31)23-21-9-6-7-10-22(21)26(32)30(17-18-33-3)24(23)19-11-13-20(27)14-12-19/h6-7,9-14,23-24H,4-5,8,15-18H2,1-3H3,(H,28,31)/t23-,24+/m1/s1. The van der Waals surface area contributed by atoms with Crippen molar-refractivity contribution in [1.29, 1.82) is 0 Å². The molecule has 0 spiro atoms. The maximum absolute atomic E-state index is 13.7. The Hall–Kier alpha value is -2.77. The number of nitrogens with one attached hydrogen (secondary N) is 1. The number of benzene rings is 2. The first kappa shape index (κ1) is 24.9. The van der Waals surface area contributed by atoms with Gasteiger partial charge in [0.2, 0.25) is 5.91 Å². The van der Waals surface area contributed by atoms with Gasteiger partial charge in [0.25, 0.3) is 5.91 Å². The van der Waals surface area contributed by atoms with Crippen LogP contribution in [-0.2, 0) is 9.53 Å². The summed E-state index contributed by atoms with van der Waals surface area (Å²) in [5, 5.41) is 3.09. The molecule has 0 radical (unpaired) electrons. The van der Waals surface area contributed by atoms with Crippen LogP contribution in [-0.4, -0.2) is 68.1 Å². The highest BCUT2D eigenvalue weighted by Crippen LogP contribution is 2.42. The molecule has 0 saturated carbocycles. The van der Waals surface area contributed by atoms with Crippen LogP contribution in [0.1, 0.15) is 53.7 Å². The summed E-state index contributed by atoms with van der Waals surface area (Å²) in [5.74, 6) is -1.24. The summed E-state index contributed by atoms with van der Waals surface area (Å²) >= 11 is 0. The quantitative estimate of drug-likeness (QED) is 0.526. The minimum Gasteiger partial charge on any atom is -0.383 e. The van der Waals surface area contributed by atoms with Gasteiger partial charge in [0.15, 0.2) is 0 Å². The number of hydrogen-bond donors (Lipinski definition) is 1. The fourth-order valence-electron chi connectivity index (χ4n) is 4.51. The first-order valence-electron chi connectivity index (χ1n) is 11.7. The molecule has 2 aromatic rings. The minimum absolute atomic E-state index is 0.133. The summed E-state index contributed by atoms with van der Waals surface area (Å²) in [6.45, 7) is 8.33. The first-order chi connectivity index (χ1) is 16.0. The zero-order chi connectivity index (χ0) is 23.8. The number of halogens is 1. The molecule has 0 unspecified atom stereocenters. The third-order valence-electron chi connectivity index (χ3n) is 6.31. The van der Waals surface area contributed by atoms with Crippen molar-refractivity contribution in [2.24, 2.45) is 0 Å². The van der Waals surface area contributed by atoms with Crippen LogP contribution in [0.5, 0.6) is 0 Å². The summed E-state index contributed by atoms with van der Waals surface area (Å²) in [6, 6.07) is 12.8. The lowest BCUT2D eigenvalue weighted by Gasteiger charge is -2.41. The van der Waals surface area contributed by atoms with Crippen molar-refractivity contribution in [2.45, 2.75) is 32.2 Å². The van der Waals surface area contributed by atoms with Gasteiger partial charge < -0.3 is 19.9 Å². The van der Waals surface area contributed by atoms with E-state index in [1.807, 2.05) is 18.2 Å². The van der Waals surface area contributed by atoms with E-state index in [0.29, 0.717) is 30.8 Å². The van der Waals surface area contributed by atoms with Gasteiger partial charge in [-0.3, -0.25) is 9.59 Å². The van der Waals surface area contributed by atoms with Crippen molar-refractivity contribution in [2.75, 3.05) is 46.4 Å². The van der Waals surface area contributed by atoms with E-state index in [9.17, 15) is 14.0 Å². The molecule has 7 heteroatoms. The molecular weight excluding hydrogens is 421 g/mol. The second kappa shape index (κ2) is 11.9. The molecule has 3 rings (SSSR count). The molecule has 1 aliphatic heterocycles. The highest BCUT2D eigenvalue weighted by molar-refractivity contribution is 6.01. The van der Waals surface area contributed by atoms with Crippen LogP contribution >= 0.6 is 0 Å². The van der Waals surface area contributed by atoms with Crippen LogP contribution in [0.25, 0.3) is 0 Å². The normalized spacial score (nSPS) is 17.8. The molecule has 6 nitrogen and oxygen atoms in total. The summed E-state index contributed by atoms with van der Waals surface area (Å²) in [5.41, 5.74) is 1.95. The van der Waals surface area contributed by atoms with Crippen molar-refractivity contribution in [3.8, 4) is 0 Å². The number of hydrogen-bond acceptors (Lipinski definition) is 4. The number of nitrogens with zero attached hydrogens (tertiary/aromatic N) is 2. The topological polar surface area (TPSA) is 61.9 Å². The average Bonchev–Trinajstić information content (AvgIpc) is 2.84. The van der Waals surface area contributed by atoms with Gasteiger partial charge in [0.1, 0.15) is 5.82 Å². The van der Waals surface area contributed by atoms with E-state index in [1.54, 1.807) is 30.2 Å². The second-order valence-corrected chi connectivity index (χ2v) is 8.22. The number of fused-ring (bicyclic) bond motifs is 1. The number of carbonyl (C=O) groups excluding carboxylic acids is 2. The van der Waals surface area contributed by atoms with E-state index in [2.05, 4.69) is 24.1 Å². The lowest BCUT2D eigenvalue weighted by molar-refractivity contribution is -0.124. The maximum atomic E-state index is 13.7. The smallest absolute Gasteiger partial charge is 0.254 e. The Kier molecular flexibility index (Phi) is 8.97. The lowest BCUT2D eigenvalue weighted by Crippen LogP contribution is -2.48. The molecule has 0 fully saturated rings. The zero-order valence-electron chi connectivity index (χ0n) is 19.7. The van der Waals surface area contributed by atoms with Gasteiger partial charge in [0, 0.05) is 25.8 Å². The number of methoxy groups -OCH3 is 1. The summed E-state index contributed by atoms with van der Waals surface area (Å²) in [7, 11) is 1.58. The summed E-state index contributed by atoms with van der Waals surface area (Å²) in [4.78, 5) is 30.9. The Labute approximate surface area is 195 Å². The Bertz CT molecular complexity index is 931. The van der Waals surface area contributed by atoms with Crippen molar-refractivity contribution < 1.29 is 18.7 Å². The Morgan fingerprint density at radius 2 is 1.82 bits per heavy atom. The number of carbonyl (C=O) groups is 2. The van der Waals surface area contributed by atoms with E-state index in [4.69, 9.17) is 4.74 Å². The molecular formula is C26H34FN3O3. The van der Waals surface area contributed by atoms with Gasteiger partial charge in [-0.05, 0) is 55.4 Å². The Morgan fingerprint density at radius 1 is 1.12 bits per heavy atom. The van der Waals surface area contributed by atoms with Crippen molar-refractivity contribution in [1.82, 2.24) is 15.1 Å². The fourth-order valence-corrected chi connectivity index (χ4v) is 4.51. The van der Waals surface area contributed by atoms with Crippen LogP contribution < -0.4 is 5.32 Å². The monoisotopic (exact) mass is 455 g/mol. The van der Waals surface area contributed by atoms with Crippen LogP contribution in [0, 0.1) is 5.82 Å².